The van der Waals surface area contributed by atoms with E-state index in [-0.39, 0.29) is 19.1 Å². The zero-order valence-electron chi connectivity index (χ0n) is 13.6. The van der Waals surface area contributed by atoms with Crippen molar-refractivity contribution in [2.24, 2.45) is 0 Å². The Labute approximate surface area is 145 Å². The van der Waals surface area contributed by atoms with Crippen LogP contribution in [0.5, 0.6) is 0 Å². The third-order valence-electron chi connectivity index (χ3n) is 3.98. The summed E-state index contributed by atoms with van der Waals surface area (Å²) in [5, 5.41) is 22.1. The molecule has 0 aromatic heterocycles. The summed E-state index contributed by atoms with van der Waals surface area (Å²) in [6.45, 7) is 1.45. The molecule has 1 aliphatic heterocycles. The minimum atomic E-state index is -1.19. The van der Waals surface area contributed by atoms with Crippen molar-refractivity contribution in [3.63, 3.8) is 0 Å². The largest absolute Gasteiger partial charge is 0.393 e. The maximum absolute atomic E-state index is 12.7. The number of carbonyl (C=O) groups excluding carboxylic acids is 1. The van der Waals surface area contributed by atoms with Crippen molar-refractivity contribution in [1.82, 2.24) is 0 Å². The number of fused-ring (bicyclic) bond motifs is 2. The van der Waals surface area contributed by atoms with Gasteiger partial charge in [-0.25, -0.2) is 0 Å². The Kier molecular flexibility index (Phi) is 4.54. The van der Waals surface area contributed by atoms with Crippen LogP contribution in [-0.4, -0.2) is 41.9 Å². The first-order valence-corrected chi connectivity index (χ1v) is 8.49. The summed E-state index contributed by atoms with van der Waals surface area (Å²) in [6, 6.07) is 13.3. The lowest BCUT2D eigenvalue weighted by Gasteiger charge is -2.23. The molecule has 6 heteroatoms. The van der Waals surface area contributed by atoms with Crippen LogP contribution >= 0.6 is 11.8 Å². The third-order valence-corrected chi connectivity index (χ3v) is 5.12. The number of rotatable bonds is 4. The highest BCUT2D eigenvalue weighted by atomic mass is 32.2. The quantitative estimate of drug-likeness (QED) is 0.795. The van der Waals surface area contributed by atoms with E-state index in [0.717, 1.165) is 21.2 Å². The smallest absolute Gasteiger partial charge is 0.259 e. The van der Waals surface area contributed by atoms with Crippen LogP contribution in [0.2, 0.25) is 0 Å². The number of amides is 1. The first kappa shape index (κ1) is 16.8. The van der Waals surface area contributed by atoms with E-state index in [9.17, 15) is 9.90 Å². The van der Waals surface area contributed by atoms with Crippen LogP contribution in [0.1, 0.15) is 17.3 Å². The van der Waals surface area contributed by atoms with Gasteiger partial charge in [-0.1, -0.05) is 23.9 Å². The number of nitrogens with zero attached hydrogens (tertiary/aromatic N) is 1. The summed E-state index contributed by atoms with van der Waals surface area (Å²) in [5.74, 6) is -0.0450. The number of hydrogen-bond acceptors (Lipinski definition) is 5. The van der Waals surface area contributed by atoms with Crippen molar-refractivity contribution >= 4 is 29.0 Å². The van der Waals surface area contributed by atoms with Gasteiger partial charge in [-0.05, 0) is 37.3 Å². The van der Waals surface area contributed by atoms with E-state index in [1.54, 1.807) is 30.6 Å². The van der Waals surface area contributed by atoms with Gasteiger partial charge in [0.05, 0.1) is 17.9 Å². The Morgan fingerprint density at radius 3 is 2.71 bits per heavy atom. The molecule has 1 amide bonds. The molecule has 1 atom stereocenters. The predicted octanol–water partition coefficient (Wildman–Crippen LogP) is 2.58. The summed E-state index contributed by atoms with van der Waals surface area (Å²) in [6.07, 6.45) is 0. The minimum absolute atomic E-state index is 0.0450. The molecular formula is C18H20N2O3S. The van der Waals surface area contributed by atoms with Crippen molar-refractivity contribution in [3.05, 3.63) is 48.0 Å². The van der Waals surface area contributed by atoms with Gasteiger partial charge in [0.25, 0.3) is 5.91 Å². The van der Waals surface area contributed by atoms with E-state index in [2.05, 4.69) is 5.32 Å². The van der Waals surface area contributed by atoms with Gasteiger partial charge in [-0.3, -0.25) is 4.79 Å². The number of carbonyl (C=O) groups is 1. The molecule has 0 unspecified atom stereocenters. The SMILES string of the molecule is CN1C(=O)c2ccccc2Sc2ccc(NC[C@@](C)(O)CO)cc21. The van der Waals surface area contributed by atoms with E-state index in [1.165, 1.54) is 0 Å². The van der Waals surface area contributed by atoms with E-state index in [4.69, 9.17) is 5.11 Å². The third kappa shape index (κ3) is 3.26. The second kappa shape index (κ2) is 6.47. The minimum Gasteiger partial charge on any atom is -0.393 e. The van der Waals surface area contributed by atoms with Crippen LogP contribution in [-0.2, 0) is 0 Å². The second-order valence-corrected chi connectivity index (χ2v) is 7.24. The molecule has 0 spiro atoms. The molecule has 2 aromatic carbocycles. The zero-order chi connectivity index (χ0) is 17.3. The predicted molar refractivity (Wildman–Crippen MR) is 95.9 cm³/mol. The highest BCUT2D eigenvalue weighted by molar-refractivity contribution is 7.99. The number of hydrogen-bond donors (Lipinski definition) is 3. The lowest BCUT2D eigenvalue weighted by Crippen LogP contribution is -2.37. The van der Waals surface area contributed by atoms with Crippen LogP contribution in [0, 0.1) is 0 Å². The highest BCUT2D eigenvalue weighted by Crippen LogP contribution is 2.41. The molecule has 0 aliphatic carbocycles. The fraction of sp³-hybridized carbons (Fsp3) is 0.278. The Morgan fingerprint density at radius 1 is 1.21 bits per heavy atom. The summed E-state index contributed by atoms with van der Waals surface area (Å²) in [7, 11) is 1.76. The molecule has 0 bridgehead atoms. The van der Waals surface area contributed by atoms with Gasteiger partial charge in [-0.15, -0.1) is 0 Å². The molecule has 0 saturated heterocycles. The van der Waals surface area contributed by atoms with Crippen molar-refractivity contribution in [1.29, 1.82) is 0 Å². The Balaban J connectivity index is 1.92. The first-order chi connectivity index (χ1) is 11.4. The monoisotopic (exact) mass is 344 g/mol. The van der Waals surface area contributed by atoms with Crippen LogP contribution < -0.4 is 10.2 Å². The van der Waals surface area contributed by atoms with Gasteiger partial charge in [0, 0.05) is 29.1 Å². The maximum atomic E-state index is 12.7. The topological polar surface area (TPSA) is 72.8 Å². The molecule has 2 aromatic rings. The number of aliphatic hydroxyl groups is 2. The molecule has 126 valence electrons. The summed E-state index contributed by atoms with van der Waals surface area (Å²) in [4.78, 5) is 16.3. The van der Waals surface area contributed by atoms with Gasteiger partial charge in [0.1, 0.15) is 5.60 Å². The molecular weight excluding hydrogens is 324 g/mol. The van der Waals surface area contributed by atoms with Gasteiger partial charge in [0.15, 0.2) is 0 Å². The standard InChI is InChI=1S/C18H20N2O3S/c1-18(23,11-21)10-19-12-7-8-16-14(9-12)20(2)17(22)13-5-3-4-6-15(13)24-16/h3-9,19,21,23H,10-11H2,1-2H3/t18-/m1/s1. The van der Waals surface area contributed by atoms with E-state index < -0.39 is 5.60 Å². The van der Waals surface area contributed by atoms with Crippen LogP contribution in [0.25, 0.3) is 0 Å². The molecule has 3 rings (SSSR count). The lowest BCUT2D eigenvalue weighted by atomic mass is 10.1. The summed E-state index contributed by atoms with van der Waals surface area (Å²) >= 11 is 1.57. The molecule has 0 radical (unpaired) electrons. The Hall–Kier alpha value is -2.02. The summed E-state index contributed by atoms with van der Waals surface area (Å²) in [5.41, 5.74) is 1.10. The molecule has 1 aliphatic rings. The average molecular weight is 344 g/mol. The van der Waals surface area contributed by atoms with E-state index in [1.807, 2.05) is 42.5 Å². The number of benzene rings is 2. The van der Waals surface area contributed by atoms with E-state index >= 15 is 0 Å². The van der Waals surface area contributed by atoms with Crippen molar-refractivity contribution in [3.8, 4) is 0 Å². The van der Waals surface area contributed by atoms with Gasteiger partial charge in [0.2, 0.25) is 0 Å². The maximum Gasteiger partial charge on any atom is 0.259 e. The van der Waals surface area contributed by atoms with Crippen LogP contribution in [0.4, 0.5) is 11.4 Å². The Bertz CT molecular complexity index is 777. The first-order valence-electron chi connectivity index (χ1n) is 7.67. The summed E-state index contributed by atoms with van der Waals surface area (Å²) < 4.78 is 0. The van der Waals surface area contributed by atoms with Crippen LogP contribution in [0.3, 0.4) is 0 Å². The molecule has 0 fully saturated rings. The van der Waals surface area contributed by atoms with E-state index in [0.29, 0.717) is 5.56 Å². The lowest BCUT2D eigenvalue weighted by molar-refractivity contribution is 0.0132. The van der Waals surface area contributed by atoms with Crippen molar-refractivity contribution < 1.29 is 15.0 Å². The normalized spacial score (nSPS) is 16.0. The molecule has 5 nitrogen and oxygen atoms in total. The van der Waals surface area contributed by atoms with Crippen molar-refractivity contribution in [2.45, 2.75) is 22.3 Å². The molecule has 0 saturated carbocycles. The van der Waals surface area contributed by atoms with Crippen molar-refractivity contribution in [2.75, 3.05) is 30.4 Å². The van der Waals surface area contributed by atoms with Gasteiger partial charge in [-0.2, -0.15) is 0 Å². The second-order valence-electron chi connectivity index (χ2n) is 6.15. The number of anilines is 2. The fourth-order valence-corrected chi connectivity index (χ4v) is 3.55. The molecule has 3 N–H and O–H groups in total. The van der Waals surface area contributed by atoms with Crippen LogP contribution in [0.15, 0.2) is 52.3 Å². The molecule has 24 heavy (non-hydrogen) atoms. The van der Waals surface area contributed by atoms with Gasteiger partial charge < -0.3 is 20.4 Å². The molecule has 1 heterocycles. The fourth-order valence-electron chi connectivity index (χ4n) is 2.47. The van der Waals surface area contributed by atoms with Gasteiger partial charge >= 0.3 is 0 Å². The number of nitrogens with one attached hydrogen (secondary N) is 1. The highest BCUT2D eigenvalue weighted by Gasteiger charge is 2.25. The zero-order valence-corrected chi connectivity index (χ0v) is 14.4. The average Bonchev–Trinajstić information content (AvgIpc) is 2.69. The Morgan fingerprint density at radius 2 is 1.96 bits per heavy atom. The number of aliphatic hydroxyl groups excluding tert-OH is 1.